The molecule has 1 aromatic rings. The van der Waals surface area contributed by atoms with Crippen LogP contribution in [-0.2, 0) is 11.2 Å². The number of ketones is 3. The second kappa shape index (κ2) is 7.93. The molecule has 0 amide bonds. The van der Waals surface area contributed by atoms with Gasteiger partial charge in [-0.1, -0.05) is 0 Å². The summed E-state index contributed by atoms with van der Waals surface area (Å²) in [7, 11) is 5.78. The standard InChI is InChI=1S/C23H24N4O3/c1-24-8-6-13-12-26-21-20(13)18(28)10-16(23(21)30)15-4-5-17-19(22(15)29)14(11-25-17)7-9-27(2)3/h4-5,10-12,24,26H,6-9H2,1-3H3. The van der Waals surface area contributed by atoms with Crippen LogP contribution in [0.15, 0.2) is 57.4 Å². The zero-order valence-corrected chi connectivity index (χ0v) is 17.3. The summed E-state index contributed by atoms with van der Waals surface area (Å²) in [5, 5.41) is 3.04. The number of allylic oxidation sites excluding steroid dienone is 6. The van der Waals surface area contributed by atoms with Gasteiger partial charge >= 0.3 is 0 Å². The first-order valence-electron chi connectivity index (χ1n) is 9.97. The van der Waals surface area contributed by atoms with Crippen molar-refractivity contribution >= 4 is 23.6 Å². The van der Waals surface area contributed by atoms with E-state index >= 15 is 0 Å². The van der Waals surface area contributed by atoms with Crippen LogP contribution in [0, 0.1) is 0 Å². The fourth-order valence-corrected chi connectivity index (χ4v) is 3.93. The van der Waals surface area contributed by atoms with Gasteiger partial charge in [-0.05, 0) is 69.9 Å². The van der Waals surface area contributed by atoms with Gasteiger partial charge in [0.2, 0.25) is 5.78 Å². The minimum Gasteiger partial charge on any atom is -0.358 e. The van der Waals surface area contributed by atoms with Crippen LogP contribution in [0.3, 0.4) is 0 Å². The second-order valence-corrected chi connectivity index (χ2v) is 7.84. The summed E-state index contributed by atoms with van der Waals surface area (Å²) in [6.45, 7) is 1.48. The highest BCUT2D eigenvalue weighted by Crippen LogP contribution is 2.35. The second-order valence-electron chi connectivity index (χ2n) is 7.84. The van der Waals surface area contributed by atoms with Crippen LogP contribution in [-0.4, -0.2) is 67.7 Å². The lowest BCUT2D eigenvalue weighted by Crippen LogP contribution is -2.24. The summed E-state index contributed by atoms with van der Waals surface area (Å²) in [4.78, 5) is 48.6. The van der Waals surface area contributed by atoms with E-state index in [2.05, 4.69) is 15.3 Å². The lowest BCUT2D eigenvalue weighted by atomic mass is 9.82. The molecule has 7 nitrogen and oxygen atoms in total. The third kappa shape index (κ3) is 3.36. The number of nitrogens with zero attached hydrogens (tertiary/aromatic N) is 2. The summed E-state index contributed by atoms with van der Waals surface area (Å²) in [5.41, 5.74) is 3.86. The number of nitrogens with one attached hydrogen (secondary N) is 2. The third-order valence-corrected chi connectivity index (χ3v) is 5.53. The van der Waals surface area contributed by atoms with Crippen LogP contribution < -0.4 is 5.32 Å². The smallest absolute Gasteiger partial charge is 0.210 e. The SMILES string of the molecule is CNCCc1c[nH]c2c1C(=O)C=C(C1=CC=C3N=CC(CCN(C)C)=C3C1=O)C2=O. The van der Waals surface area contributed by atoms with E-state index in [9.17, 15) is 14.4 Å². The van der Waals surface area contributed by atoms with Crippen LogP contribution in [0.5, 0.6) is 0 Å². The van der Waals surface area contributed by atoms with Gasteiger partial charge in [0.15, 0.2) is 11.6 Å². The fourth-order valence-electron chi connectivity index (χ4n) is 3.93. The molecular formula is C23H24N4O3. The lowest BCUT2D eigenvalue weighted by Gasteiger charge is -2.19. The van der Waals surface area contributed by atoms with Gasteiger partial charge in [-0.2, -0.15) is 0 Å². The Morgan fingerprint density at radius 1 is 1.07 bits per heavy atom. The zero-order valence-electron chi connectivity index (χ0n) is 17.3. The Kier molecular flexibility index (Phi) is 5.32. The molecule has 2 N–H and O–H groups in total. The monoisotopic (exact) mass is 404 g/mol. The third-order valence-electron chi connectivity index (χ3n) is 5.53. The molecule has 0 radical (unpaired) electrons. The maximum atomic E-state index is 13.3. The highest BCUT2D eigenvalue weighted by Gasteiger charge is 2.36. The van der Waals surface area contributed by atoms with E-state index in [0.717, 1.165) is 17.7 Å². The van der Waals surface area contributed by atoms with E-state index in [1.54, 1.807) is 24.6 Å². The van der Waals surface area contributed by atoms with Gasteiger partial charge in [0.25, 0.3) is 0 Å². The van der Waals surface area contributed by atoms with E-state index in [-0.39, 0.29) is 34.2 Å². The van der Waals surface area contributed by atoms with E-state index in [1.807, 2.05) is 26.0 Å². The van der Waals surface area contributed by atoms with Gasteiger partial charge in [0.1, 0.15) is 0 Å². The quantitative estimate of drug-likeness (QED) is 0.723. The molecule has 1 aliphatic heterocycles. The Labute approximate surface area is 174 Å². The predicted octanol–water partition coefficient (Wildman–Crippen LogP) is 1.81. The number of Topliss-reactive ketones (excluding diaryl/α,β-unsaturated/α-hetero) is 2. The normalized spacial score (nSPS) is 18.0. The van der Waals surface area contributed by atoms with Gasteiger partial charge in [-0.3, -0.25) is 19.4 Å². The van der Waals surface area contributed by atoms with Gasteiger partial charge in [0, 0.05) is 30.1 Å². The van der Waals surface area contributed by atoms with Gasteiger partial charge in [0.05, 0.1) is 22.5 Å². The number of likely N-dealkylation sites (N-methyl/N-ethyl adjacent to an activating group) is 1. The summed E-state index contributed by atoms with van der Waals surface area (Å²) in [6.07, 6.45) is 9.39. The summed E-state index contributed by atoms with van der Waals surface area (Å²) >= 11 is 0. The Morgan fingerprint density at radius 2 is 1.87 bits per heavy atom. The average molecular weight is 404 g/mol. The first kappa shape index (κ1) is 20.1. The van der Waals surface area contributed by atoms with Crippen LogP contribution in [0.25, 0.3) is 0 Å². The minimum atomic E-state index is -0.328. The van der Waals surface area contributed by atoms with Crippen molar-refractivity contribution in [2.45, 2.75) is 12.8 Å². The molecular weight excluding hydrogens is 380 g/mol. The number of H-pyrrole nitrogens is 1. The van der Waals surface area contributed by atoms with Gasteiger partial charge in [-0.15, -0.1) is 0 Å². The first-order valence-corrected chi connectivity index (χ1v) is 9.97. The first-order chi connectivity index (χ1) is 14.4. The molecule has 0 saturated carbocycles. The summed E-state index contributed by atoms with van der Waals surface area (Å²) < 4.78 is 0. The predicted molar refractivity (Wildman–Crippen MR) is 115 cm³/mol. The van der Waals surface area contributed by atoms with E-state index < -0.39 is 0 Å². The molecule has 3 aliphatic rings. The molecule has 4 rings (SSSR count). The van der Waals surface area contributed by atoms with E-state index in [4.69, 9.17) is 0 Å². The number of hydrogen-bond acceptors (Lipinski definition) is 6. The van der Waals surface area contributed by atoms with Crippen LogP contribution in [0.4, 0.5) is 0 Å². The Balaban J connectivity index is 1.67. The zero-order chi connectivity index (χ0) is 21.4. The van der Waals surface area contributed by atoms with Crippen molar-refractivity contribution in [1.29, 1.82) is 0 Å². The fraction of sp³-hybridized carbons (Fsp3) is 0.304. The molecule has 0 unspecified atom stereocenters. The average Bonchev–Trinajstić information content (AvgIpc) is 3.33. The maximum absolute atomic E-state index is 13.3. The number of aliphatic imine (C=N–C) groups is 1. The molecule has 7 heteroatoms. The topological polar surface area (TPSA) is 94.6 Å². The maximum Gasteiger partial charge on any atom is 0.210 e. The molecule has 30 heavy (non-hydrogen) atoms. The van der Waals surface area contributed by atoms with Crippen LogP contribution in [0.1, 0.15) is 32.8 Å². The van der Waals surface area contributed by atoms with Crippen LogP contribution in [0.2, 0.25) is 0 Å². The molecule has 0 saturated heterocycles. The highest BCUT2D eigenvalue weighted by atomic mass is 16.1. The van der Waals surface area contributed by atoms with Crippen molar-refractivity contribution in [2.24, 2.45) is 4.99 Å². The molecule has 154 valence electrons. The van der Waals surface area contributed by atoms with Crippen molar-refractivity contribution in [3.8, 4) is 0 Å². The van der Waals surface area contributed by atoms with Crippen LogP contribution >= 0.6 is 0 Å². The number of carbonyl (C=O) groups is 3. The Hall–Kier alpha value is -3.16. The number of aromatic nitrogens is 1. The largest absolute Gasteiger partial charge is 0.358 e. The minimum absolute atomic E-state index is 0.140. The molecule has 0 bridgehead atoms. The number of fused-ring (bicyclic) bond motifs is 2. The van der Waals surface area contributed by atoms with Crippen molar-refractivity contribution in [3.05, 3.63) is 69.2 Å². The highest BCUT2D eigenvalue weighted by molar-refractivity contribution is 6.32. The summed E-state index contributed by atoms with van der Waals surface area (Å²) in [5.74, 6) is -0.831. The number of aromatic amines is 1. The molecule has 0 aromatic carbocycles. The molecule has 0 atom stereocenters. The number of rotatable bonds is 7. The van der Waals surface area contributed by atoms with E-state index in [0.29, 0.717) is 36.2 Å². The van der Waals surface area contributed by atoms with E-state index in [1.165, 1.54) is 6.08 Å². The molecule has 1 aromatic heterocycles. The lowest BCUT2D eigenvalue weighted by molar-refractivity contribution is -0.111. The van der Waals surface area contributed by atoms with Crippen molar-refractivity contribution in [1.82, 2.24) is 15.2 Å². The van der Waals surface area contributed by atoms with Crippen molar-refractivity contribution < 1.29 is 14.4 Å². The molecule has 0 spiro atoms. The number of carbonyl (C=O) groups excluding carboxylic acids is 3. The molecule has 2 aliphatic carbocycles. The van der Waals surface area contributed by atoms with Crippen molar-refractivity contribution in [3.63, 3.8) is 0 Å². The molecule has 2 heterocycles. The number of hydrogen-bond donors (Lipinski definition) is 2. The molecule has 0 fully saturated rings. The van der Waals surface area contributed by atoms with Crippen molar-refractivity contribution in [2.75, 3.05) is 34.2 Å². The Bertz CT molecular complexity index is 1110. The Morgan fingerprint density at radius 3 is 2.60 bits per heavy atom. The summed E-state index contributed by atoms with van der Waals surface area (Å²) in [6, 6.07) is 0. The van der Waals surface area contributed by atoms with Gasteiger partial charge < -0.3 is 15.2 Å². The van der Waals surface area contributed by atoms with Gasteiger partial charge in [-0.25, -0.2) is 0 Å².